The van der Waals surface area contributed by atoms with E-state index in [1.54, 1.807) is 18.2 Å². The summed E-state index contributed by atoms with van der Waals surface area (Å²) in [7, 11) is 0. The van der Waals surface area contributed by atoms with Crippen LogP contribution in [0.3, 0.4) is 0 Å². The zero-order chi connectivity index (χ0) is 16.9. The molecule has 3 N–H and O–H groups in total. The van der Waals surface area contributed by atoms with Crippen molar-refractivity contribution in [2.75, 3.05) is 13.1 Å². The Bertz CT molecular complexity index is 659. The third kappa shape index (κ3) is 5.33. The van der Waals surface area contributed by atoms with E-state index in [2.05, 4.69) is 21.2 Å². The number of furan rings is 1. The fourth-order valence-electron chi connectivity index (χ4n) is 1.63. The Hall–Kier alpha value is -1.93. The number of carbonyl (C=O) groups excluding carboxylic acids is 1. The second-order valence-corrected chi connectivity index (χ2v) is 5.67. The Morgan fingerprint density at radius 2 is 1.96 bits per heavy atom. The van der Waals surface area contributed by atoms with E-state index >= 15 is 0 Å². The summed E-state index contributed by atoms with van der Waals surface area (Å²) in [6.07, 6.45) is 0. The molecular weight excluding hydrogens is 374 g/mol. The van der Waals surface area contributed by atoms with Crippen molar-refractivity contribution in [2.45, 2.75) is 12.5 Å². The normalized spacial score (nSPS) is 11.3. The molecule has 0 atom stereocenters. The minimum absolute atomic E-state index is 0.0628. The number of hydrogen-bond donors (Lipinski definition) is 2. The summed E-state index contributed by atoms with van der Waals surface area (Å²) < 4.78 is 37.6. The number of nitrogens with two attached hydrogens (primary N) is 1. The van der Waals surface area contributed by atoms with Crippen molar-refractivity contribution < 1.29 is 22.7 Å². The molecule has 0 aliphatic rings. The molecule has 5 nitrogen and oxygen atoms in total. The first kappa shape index (κ1) is 17.4. The van der Waals surface area contributed by atoms with Crippen molar-refractivity contribution in [3.05, 3.63) is 52.4 Å². The summed E-state index contributed by atoms with van der Waals surface area (Å²) in [6.45, 7) is -1.56. The molecule has 0 aliphatic carbocycles. The van der Waals surface area contributed by atoms with E-state index in [0.29, 0.717) is 11.5 Å². The lowest BCUT2D eigenvalue weighted by Crippen LogP contribution is -2.41. The van der Waals surface area contributed by atoms with Gasteiger partial charge in [0.05, 0.1) is 13.1 Å². The predicted molar refractivity (Wildman–Crippen MR) is 83.5 cm³/mol. The summed E-state index contributed by atoms with van der Waals surface area (Å²) in [5.74, 6) is -2.89. The van der Waals surface area contributed by atoms with E-state index in [0.717, 1.165) is 4.47 Å². The van der Waals surface area contributed by atoms with Gasteiger partial charge in [-0.05, 0) is 36.4 Å². The highest BCUT2D eigenvalue weighted by Gasteiger charge is 2.27. The van der Waals surface area contributed by atoms with Gasteiger partial charge >= 0.3 is 0 Å². The lowest BCUT2D eigenvalue weighted by Gasteiger charge is -2.13. The van der Waals surface area contributed by atoms with Crippen LogP contribution in [0.15, 0.2) is 45.3 Å². The van der Waals surface area contributed by atoms with E-state index < -0.39 is 24.9 Å². The molecule has 0 aliphatic heterocycles. The Kier molecular flexibility index (Phi) is 5.73. The number of halogens is 3. The van der Waals surface area contributed by atoms with Crippen LogP contribution in [0.25, 0.3) is 0 Å². The highest BCUT2D eigenvalue weighted by atomic mass is 79.9. The van der Waals surface area contributed by atoms with Crippen molar-refractivity contribution in [2.24, 2.45) is 5.73 Å². The molecule has 8 heteroatoms. The number of hydrogen-bond acceptors (Lipinski definition) is 4. The van der Waals surface area contributed by atoms with Gasteiger partial charge in [0, 0.05) is 4.47 Å². The molecule has 2 rings (SSSR count). The van der Waals surface area contributed by atoms with Crippen LogP contribution >= 0.6 is 15.9 Å². The Morgan fingerprint density at radius 3 is 2.61 bits per heavy atom. The summed E-state index contributed by atoms with van der Waals surface area (Å²) in [5.41, 5.74) is 4.90. The van der Waals surface area contributed by atoms with Gasteiger partial charge in [-0.2, -0.15) is 0 Å². The smallest absolute Gasteiger partial charge is 0.287 e. The maximum Gasteiger partial charge on any atom is 0.287 e. The number of ether oxygens (including phenoxy) is 1. The largest absolute Gasteiger partial charge is 0.486 e. The van der Waals surface area contributed by atoms with Gasteiger partial charge in [-0.3, -0.25) is 4.79 Å². The van der Waals surface area contributed by atoms with Gasteiger partial charge < -0.3 is 20.2 Å². The average Bonchev–Trinajstić information content (AvgIpc) is 3.01. The summed E-state index contributed by atoms with van der Waals surface area (Å²) in [6, 6.07) is 10.2. The number of carbonyl (C=O) groups is 1. The van der Waals surface area contributed by atoms with E-state index in [4.69, 9.17) is 14.9 Å². The zero-order valence-electron chi connectivity index (χ0n) is 12.0. The third-order valence-corrected chi connectivity index (χ3v) is 3.42. The van der Waals surface area contributed by atoms with Gasteiger partial charge in [-0.25, -0.2) is 8.78 Å². The summed E-state index contributed by atoms with van der Waals surface area (Å²) >= 11 is 3.31. The van der Waals surface area contributed by atoms with Gasteiger partial charge in [0.25, 0.3) is 11.8 Å². The molecule has 0 radical (unpaired) electrons. The van der Waals surface area contributed by atoms with Gasteiger partial charge in [-0.15, -0.1) is 0 Å². The van der Waals surface area contributed by atoms with E-state index in [9.17, 15) is 13.6 Å². The summed E-state index contributed by atoms with van der Waals surface area (Å²) in [4.78, 5) is 11.7. The molecule has 1 aromatic heterocycles. The van der Waals surface area contributed by atoms with Crippen molar-refractivity contribution >= 4 is 21.8 Å². The van der Waals surface area contributed by atoms with Gasteiger partial charge in [0.2, 0.25) is 0 Å². The van der Waals surface area contributed by atoms with Crippen LogP contribution < -0.4 is 15.8 Å². The van der Waals surface area contributed by atoms with Crippen molar-refractivity contribution in [1.82, 2.24) is 5.32 Å². The Morgan fingerprint density at radius 1 is 1.26 bits per heavy atom. The van der Waals surface area contributed by atoms with Gasteiger partial charge in [-0.1, -0.05) is 15.9 Å². The minimum Gasteiger partial charge on any atom is -0.486 e. The van der Waals surface area contributed by atoms with Crippen LogP contribution in [0.5, 0.6) is 5.75 Å². The fraction of sp³-hybridized carbons (Fsp3) is 0.267. The minimum atomic E-state index is -3.14. The number of rotatable bonds is 7. The van der Waals surface area contributed by atoms with Crippen LogP contribution in [0.4, 0.5) is 8.78 Å². The molecule has 0 bridgehead atoms. The number of amides is 1. The van der Waals surface area contributed by atoms with E-state index in [-0.39, 0.29) is 12.4 Å². The first-order chi connectivity index (χ1) is 10.9. The highest BCUT2D eigenvalue weighted by Crippen LogP contribution is 2.18. The average molecular weight is 389 g/mol. The first-order valence-corrected chi connectivity index (χ1v) is 7.52. The lowest BCUT2D eigenvalue weighted by molar-refractivity contribution is 0.0115. The van der Waals surface area contributed by atoms with E-state index in [1.165, 1.54) is 6.07 Å². The van der Waals surface area contributed by atoms with Crippen LogP contribution in [-0.2, 0) is 6.61 Å². The van der Waals surface area contributed by atoms with Gasteiger partial charge in [0.15, 0.2) is 5.76 Å². The maximum atomic E-state index is 13.0. The fourth-order valence-corrected chi connectivity index (χ4v) is 1.90. The second-order valence-electron chi connectivity index (χ2n) is 4.75. The molecule has 2 aromatic rings. The van der Waals surface area contributed by atoms with Crippen LogP contribution in [0, 0.1) is 0 Å². The van der Waals surface area contributed by atoms with Crippen molar-refractivity contribution in [3.63, 3.8) is 0 Å². The first-order valence-electron chi connectivity index (χ1n) is 6.73. The topological polar surface area (TPSA) is 77.5 Å². The van der Waals surface area contributed by atoms with Crippen molar-refractivity contribution in [1.29, 1.82) is 0 Å². The molecule has 0 unspecified atom stereocenters. The molecule has 0 spiro atoms. The summed E-state index contributed by atoms with van der Waals surface area (Å²) in [5, 5.41) is 2.07. The molecule has 1 amide bonds. The zero-order valence-corrected chi connectivity index (χ0v) is 13.6. The molecule has 0 fully saturated rings. The third-order valence-electron chi connectivity index (χ3n) is 2.89. The molecule has 1 aromatic carbocycles. The number of nitrogens with one attached hydrogen (secondary N) is 1. The maximum absolute atomic E-state index is 13.0. The van der Waals surface area contributed by atoms with Crippen LogP contribution in [0.1, 0.15) is 16.3 Å². The number of alkyl halides is 2. The van der Waals surface area contributed by atoms with Crippen LogP contribution in [0.2, 0.25) is 0 Å². The predicted octanol–water partition coefficient (Wildman–Crippen LogP) is 2.94. The Labute approximate surface area is 139 Å². The standard InChI is InChI=1S/C15H15BrF2N2O3/c16-10-1-3-11(4-2-10)22-7-12-5-6-13(23-12)14(21)20-9-15(17,18)8-19/h1-6H,7-9,19H2,(H,20,21). The van der Waals surface area contributed by atoms with E-state index in [1.807, 2.05) is 12.1 Å². The highest BCUT2D eigenvalue weighted by molar-refractivity contribution is 9.10. The Balaban J connectivity index is 1.87. The molecule has 0 saturated heterocycles. The monoisotopic (exact) mass is 388 g/mol. The number of benzene rings is 1. The quantitative estimate of drug-likeness (QED) is 0.764. The second kappa shape index (κ2) is 7.56. The molecule has 1 heterocycles. The molecule has 23 heavy (non-hydrogen) atoms. The molecule has 124 valence electrons. The molecular formula is C15H15BrF2N2O3. The van der Waals surface area contributed by atoms with Crippen molar-refractivity contribution in [3.8, 4) is 5.75 Å². The molecule has 0 saturated carbocycles. The SMILES string of the molecule is NCC(F)(F)CNC(=O)c1ccc(COc2ccc(Br)cc2)o1. The van der Waals surface area contributed by atoms with Gasteiger partial charge in [0.1, 0.15) is 18.1 Å². The lowest BCUT2D eigenvalue weighted by atomic mass is 10.3. The van der Waals surface area contributed by atoms with Crippen LogP contribution in [-0.4, -0.2) is 24.9 Å².